The summed E-state index contributed by atoms with van der Waals surface area (Å²) in [5.41, 5.74) is 1.82. The molecule has 0 radical (unpaired) electrons. The first-order valence-electron chi connectivity index (χ1n) is 7.64. The number of carbonyl (C=O) groups is 2. The second kappa shape index (κ2) is 8.86. The number of carbonyl (C=O) groups excluding carboxylic acids is 2. The van der Waals surface area contributed by atoms with Crippen LogP contribution in [0, 0.1) is 12.8 Å². The summed E-state index contributed by atoms with van der Waals surface area (Å²) in [6, 6.07) is 5.01. The first-order chi connectivity index (χ1) is 10.9. The Morgan fingerprint density at radius 3 is 2.62 bits per heavy atom. The van der Waals surface area contributed by atoms with Crippen molar-refractivity contribution >= 4 is 30.0 Å². The van der Waals surface area contributed by atoms with E-state index in [0.717, 1.165) is 5.56 Å². The summed E-state index contributed by atoms with van der Waals surface area (Å²) in [5, 5.41) is 18.4. The summed E-state index contributed by atoms with van der Waals surface area (Å²) >= 11 is 0. The molecule has 1 saturated heterocycles. The molecule has 1 aliphatic heterocycles. The number of β-amino-alcohol motifs (C(OH)–C–C–N with tert-alkyl or cyclic N) is 1. The number of anilines is 1. The summed E-state index contributed by atoms with van der Waals surface area (Å²) in [6.07, 6.45) is -0.444. The molecule has 3 amide bonds. The molecule has 8 heteroatoms. The average Bonchev–Trinajstić information content (AvgIpc) is 2.91. The lowest BCUT2D eigenvalue weighted by molar-refractivity contribution is 0.0928. The van der Waals surface area contributed by atoms with Gasteiger partial charge in [-0.3, -0.25) is 4.79 Å². The predicted octanol–water partition coefficient (Wildman–Crippen LogP) is 0.820. The van der Waals surface area contributed by atoms with Crippen molar-refractivity contribution in [3.05, 3.63) is 29.3 Å². The third kappa shape index (κ3) is 5.09. The largest absolute Gasteiger partial charge is 0.391 e. The number of hydrogen-bond acceptors (Lipinski definition) is 4. The van der Waals surface area contributed by atoms with Crippen LogP contribution in [0.2, 0.25) is 0 Å². The molecule has 2 atom stereocenters. The Morgan fingerprint density at radius 2 is 2.04 bits per heavy atom. The highest BCUT2D eigenvalue weighted by molar-refractivity contribution is 6.03. The van der Waals surface area contributed by atoms with Gasteiger partial charge >= 0.3 is 6.03 Å². The molecule has 0 aliphatic carbocycles. The summed E-state index contributed by atoms with van der Waals surface area (Å²) in [5.74, 6) is -0.259. The SMILES string of the molecule is Cc1ccc(NC(=O)N(C)C)c(C(=O)NCC2CNCC2O)c1.Cl. The van der Waals surface area contributed by atoms with Crippen molar-refractivity contribution in [2.24, 2.45) is 5.92 Å². The van der Waals surface area contributed by atoms with E-state index in [1.807, 2.05) is 13.0 Å². The minimum atomic E-state index is -0.444. The third-order valence-electron chi connectivity index (χ3n) is 3.90. The van der Waals surface area contributed by atoms with E-state index >= 15 is 0 Å². The molecule has 4 N–H and O–H groups in total. The number of aliphatic hydroxyl groups is 1. The topological polar surface area (TPSA) is 93.7 Å². The maximum absolute atomic E-state index is 12.5. The number of nitrogens with zero attached hydrogens (tertiary/aromatic N) is 1. The van der Waals surface area contributed by atoms with Crippen LogP contribution in [0.1, 0.15) is 15.9 Å². The van der Waals surface area contributed by atoms with Gasteiger partial charge in [0.25, 0.3) is 5.91 Å². The van der Waals surface area contributed by atoms with Crippen molar-refractivity contribution < 1.29 is 14.7 Å². The van der Waals surface area contributed by atoms with E-state index in [9.17, 15) is 14.7 Å². The maximum Gasteiger partial charge on any atom is 0.321 e. The lowest BCUT2D eigenvalue weighted by atomic mass is 10.1. The van der Waals surface area contributed by atoms with Gasteiger partial charge in [0.1, 0.15) is 0 Å². The Hall–Kier alpha value is -1.83. The van der Waals surface area contributed by atoms with E-state index < -0.39 is 6.10 Å². The van der Waals surface area contributed by atoms with Crippen molar-refractivity contribution in [2.45, 2.75) is 13.0 Å². The smallest absolute Gasteiger partial charge is 0.321 e. The molecular formula is C16H25ClN4O3. The second-order valence-electron chi connectivity index (χ2n) is 6.07. The van der Waals surface area contributed by atoms with Gasteiger partial charge in [0.2, 0.25) is 0 Å². The van der Waals surface area contributed by atoms with Crippen molar-refractivity contribution in [3.63, 3.8) is 0 Å². The van der Waals surface area contributed by atoms with Crippen LogP contribution in [0.15, 0.2) is 18.2 Å². The van der Waals surface area contributed by atoms with E-state index in [2.05, 4.69) is 16.0 Å². The fourth-order valence-electron chi connectivity index (χ4n) is 2.43. The fraction of sp³-hybridized carbons (Fsp3) is 0.500. The van der Waals surface area contributed by atoms with Crippen molar-refractivity contribution in [1.29, 1.82) is 0 Å². The summed E-state index contributed by atoms with van der Waals surface area (Å²) in [6.45, 7) is 3.51. The quantitative estimate of drug-likeness (QED) is 0.642. The van der Waals surface area contributed by atoms with Crippen LogP contribution in [0.25, 0.3) is 0 Å². The predicted molar refractivity (Wildman–Crippen MR) is 95.8 cm³/mol. The molecule has 1 fully saturated rings. The summed E-state index contributed by atoms with van der Waals surface area (Å²) in [7, 11) is 3.27. The first kappa shape index (κ1) is 20.2. The van der Waals surface area contributed by atoms with Crippen LogP contribution in [0.5, 0.6) is 0 Å². The Bertz CT molecular complexity index is 595. The highest BCUT2D eigenvalue weighted by Crippen LogP contribution is 2.18. The number of urea groups is 1. The zero-order valence-electron chi connectivity index (χ0n) is 14.1. The summed E-state index contributed by atoms with van der Waals surface area (Å²) in [4.78, 5) is 25.7. The van der Waals surface area contributed by atoms with Crippen LogP contribution >= 0.6 is 12.4 Å². The highest BCUT2D eigenvalue weighted by Gasteiger charge is 2.25. The molecule has 1 aliphatic rings. The molecular weight excluding hydrogens is 332 g/mol. The first-order valence-corrected chi connectivity index (χ1v) is 7.64. The number of aliphatic hydroxyl groups excluding tert-OH is 1. The fourth-order valence-corrected chi connectivity index (χ4v) is 2.43. The van der Waals surface area contributed by atoms with Gasteiger partial charge in [-0.1, -0.05) is 11.6 Å². The van der Waals surface area contributed by atoms with Gasteiger partial charge in [0.05, 0.1) is 17.4 Å². The Kier molecular flexibility index (Phi) is 7.47. The molecule has 0 saturated carbocycles. The van der Waals surface area contributed by atoms with Gasteiger partial charge in [-0.05, 0) is 19.1 Å². The summed E-state index contributed by atoms with van der Waals surface area (Å²) < 4.78 is 0. The third-order valence-corrected chi connectivity index (χ3v) is 3.90. The lowest BCUT2D eigenvalue weighted by Gasteiger charge is -2.17. The number of rotatable bonds is 4. The van der Waals surface area contributed by atoms with Gasteiger partial charge in [-0.2, -0.15) is 0 Å². The second-order valence-corrected chi connectivity index (χ2v) is 6.07. The van der Waals surface area contributed by atoms with Gasteiger partial charge in [0.15, 0.2) is 0 Å². The standard InChI is InChI=1S/C16H24N4O3.ClH/c1-10-4-5-13(19-16(23)20(2)3)12(6-10)15(22)18-8-11-7-17-9-14(11)21;/h4-6,11,14,17,21H,7-9H2,1-3H3,(H,18,22)(H,19,23);1H. The molecule has 0 aromatic heterocycles. The number of aryl methyl sites for hydroxylation is 1. The van der Waals surface area contributed by atoms with E-state index in [4.69, 9.17) is 0 Å². The number of benzene rings is 1. The zero-order valence-corrected chi connectivity index (χ0v) is 14.9. The van der Waals surface area contributed by atoms with Crippen LogP contribution in [0.4, 0.5) is 10.5 Å². The van der Waals surface area contributed by atoms with Gasteiger partial charge in [-0.25, -0.2) is 4.79 Å². The van der Waals surface area contributed by atoms with Crippen LogP contribution in [-0.4, -0.2) is 61.8 Å². The van der Waals surface area contributed by atoms with Crippen LogP contribution in [-0.2, 0) is 0 Å². The maximum atomic E-state index is 12.5. The Balaban J connectivity index is 0.00000288. The van der Waals surface area contributed by atoms with Crippen molar-refractivity contribution in [2.75, 3.05) is 39.0 Å². The molecule has 1 aromatic carbocycles. The Labute approximate surface area is 148 Å². The van der Waals surface area contributed by atoms with Gasteiger partial charge in [0, 0.05) is 39.6 Å². The van der Waals surface area contributed by atoms with Crippen LogP contribution < -0.4 is 16.0 Å². The minimum absolute atomic E-state index is 0. The number of amides is 3. The number of nitrogens with one attached hydrogen (secondary N) is 3. The molecule has 2 unspecified atom stereocenters. The lowest BCUT2D eigenvalue weighted by Crippen LogP contribution is -2.35. The molecule has 24 heavy (non-hydrogen) atoms. The van der Waals surface area contributed by atoms with E-state index in [0.29, 0.717) is 30.9 Å². The van der Waals surface area contributed by atoms with Crippen LogP contribution in [0.3, 0.4) is 0 Å². The molecule has 1 heterocycles. The number of halogens is 1. The van der Waals surface area contributed by atoms with Crippen molar-refractivity contribution in [1.82, 2.24) is 15.5 Å². The van der Waals surface area contributed by atoms with E-state index in [1.54, 1.807) is 26.2 Å². The minimum Gasteiger partial charge on any atom is -0.391 e. The Morgan fingerprint density at radius 1 is 1.33 bits per heavy atom. The molecule has 7 nitrogen and oxygen atoms in total. The average molecular weight is 357 g/mol. The van der Waals surface area contributed by atoms with Gasteiger partial charge in [-0.15, -0.1) is 12.4 Å². The van der Waals surface area contributed by atoms with Crippen molar-refractivity contribution in [3.8, 4) is 0 Å². The molecule has 2 rings (SSSR count). The van der Waals surface area contributed by atoms with E-state index in [-0.39, 0.29) is 30.3 Å². The van der Waals surface area contributed by atoms with E-state index in [1.165, 1.54) is 4.90 Å². The van der Waals surface area contributed by atoms with Gasteiger partial charge < -0.3 is 26.0 Å². The zero-order chi connectivity index (χ0) is 17.0. The molecule has 0 spiro atoms. The highest BCUT2D eigenvalue weighted by atomic mass is 35.5. The molecule has 1 aromatic rings. The number of hydrogen-bond donors (Lipinski definition) is 4. The molecule has 0 bridgehead atoms. The normalized spacial score (nSPS) is 19.3. The molecule has 134 valence electrons. The monoisotopic (exact) mass is 356 g/mol.